The van der Waals surface area contributed by atoms with E-state index in [0.717, 1.165) is 25.4 Å². The Hall–Kier alpha value is -2.51. The molecule has 8 heteroatoms. The number of hydrogen-bond donors (Lipinski definition) is 1. The molecule has 4 rings (SSSR count). The lowest BCUT2D eigenvalue weighted by atomic mass is 10.0. The van der Waals surface area contributed by atoms with Crippen molar-refractivity contribution in [1.82, 2.24) is 30.2 Å². The maximum Gasteiger partial charge on any atom is 0.251 e. The summed E-state index contributed by atoms with van der Waals surface area (Å²) in [6.45, 7) is 6.30. The van der Waals surface area contributed by atoms with E-state index in [1.807, 2.05) is 6.07 Å². The Morgan fingerprint density at radius 1 is 1.34 bits per heavy atom. The lowest BCUT2D eigenvalue weighted by molar-refractivity contribution is 0.0950. The second-order valence-electron chi connectivity index (χ2n) is 7.67. The van der Waals surface area contributed by atoms with Crippen LogP contribution in [0.4, 0.5) is 0 Å². The molecule has 0 spiro atoms. The summed E-state index contributed by atoms with van der Waals surface area (Å²) in [5, 5.41) is 11.7. The number of hydrogen-bond acceptors (Lipinski definition) is 5. The predicted octanol–water partition coefficient (Wildman–Crippen LogP) is 3.32. The van der Waals surface area contributed by atoms with Crippen molar-refractivity contribution in [3.8, 4) is 5.69 Å². The lowest BCUT2D eigenvalue weighted by Crippen LogP contribution is -2.36. The summed E-state index contributed by atoms with van der Waals surface area (Å²) in [5.74, 6) is 0.653. The van der Waals surface area contributed by atoms with Gasteiger partial charge in [-0.2, -0.15) is 4.68 Å². The number of likely N-dealkylation sites (tertiary alicyclic amines) is 1. The molecule has 1 aromatic carbocycles. The van der Waals surface area contributed by atoms with Gasteiger partial charge in [0.25, 0.3) is 5.91 Å². The molecule has 0 aliphatic carbocycles. The molecule has 2 aromatic heterocycles. The van der Waals surface area contributed by atoms with Gasteiger partial charge < -0.3 is 10.2 Å². The van der Waals surface area contributed by atoms with Crippen molar-refractivity contribution < 1.29 is 4.79 Å². The number of pyridine rings is 1. The summed E-state index contributed by atoms with van der Waals surface area (Å²) in [5.41, 5.74) is 2.39. The zero-order chi connectivity index (χ0) is 20.2. The molecular formula is C21H25ClN6O. The number of fused-ring (bicyclic) bond motifs is 1. The van der Waals surface area contributed by atoms with Crippen LogP contribution in [0, 0.1) is 5.92 Å². The van der Waals surface area contributed by atoms with Crippen molar-refractivity contribution in [2.75, 3.05) is 26.2 Å². The summed E-state index contributed by atoms with van der Waals surface area (Å²) in [6.07, 6.45) is 5.21. The summed E-state index contributed by atoms with van der Waals surface area (Å²) in [6, 6.07) is 8.79. The van der Waals surface area contributed by atoms with E-state index in [1.165, 1.54) is 19.4 Å². The van der Waals surface area contributed by atoms with Crippen LogP contribution in [0.3, 0.4) is 0 Å². The molecule has 3 heterocycles. The molecule has 1 saturated heterocycles. The van der Waals surface area contributed by atoms with Gasteiger partial charge in [0.1, 0.15) is 5.52 Å². The van der Waals surface area contributed by atoms with E-state index in [-0.39, 0.29) is 5.91 Å². The first-order valence-corrected chi connectivity index (χ1v) is 10.5. The minimum absolute atomic E-state index is 0.118. The molecule has 0 radical (unpaired) electrons. The van der Waals surface area contributed by atoms with E-state index >= 15 is 0 Å². The Balaban J connectivity index is 1.40. The molecular weight excluding hydrogens is 388 g/mol. The summed E-state index contributed by atoms with van der Waals surface area (Å²) >= 11 is 6.36. The monoisotopic (exact) mass is 412 g/mol. The third kappa shape index (κ3) is 4.57. The second-order valence-corrected chi connectivity index (χ2v) is 8.08. The zero-order valence-electron chi connectivity index (χ0n) is 16.5. The van der Waals surface area contributed by atoms with Gasteiger partial charge in [-0.3, -0.25) is 4.79 Å². The molecule has 7 nitrogen and oxygen atoms in total. The third-order valence-corrected chi connectivity index (χ3v) is 5.64. The van der Waals surface area contributed by atoms with E-state index in [4.69, 9.17) is 11.6 Å². The lowest BCUT2D eigenvalue weighted by Gasteiger charge is -2.30. The number of aromatic nitrogens is 4. The first-order valence-electron chi connectivity index (χ1n) is 10.1. The number of piperidine rings is 1. The maximum absolute atomic E-state index is 12.6. The summed E-state index contributed by atoms with van der Waals surface area (Å²) in [4.78, 5) is 19.4. The standard InChI is InChI=1S/C21H25ClN6O/c1-15-5-3-11-27(14-15)12-4-10-24-21(29)16-7-8-17(22)19(13-16)28-20-18(25-26-28)6-2-9-23-20/h2,6-9,13,15H,3-5,10-12,14H2,1H3,(H,24,29). The van der Waals surface area contributed by atoms with Crippen molar-refractivity contribution in [1.29, 1.82) is 0 Å². The minimum Gasteiger partial charge on any atom is -0.352 e. The topological polar surface area (TPSA) is 75.9 Å². The molecule has 29 heavy (non-hydrogen) atoms. The van der Waals surface area contributed by atoms with Crippen LogP contribution in [0.2, 0.25) is 5.02 Å². The van der Waals surface area contributed by atoms with Gasteiger partial charge in [-0.25, -0.2) is 4.98 Å². The van der Waals surface area contributed by atoms with E-state index in [1.54, 1.807) is 35.1 Å². The fraction of sp³-hybridized carbons (Fsp3) is 0.429. The van der Waals surface area contributed by atoms with E-state index < -0.39 is 0 Å². The SMILES string of the molecule is CC1CCCN(CCCNC(=O)c2ccc(Cl)c(-n3nnc4cccnc43)c2)C1. The highest BCUT2D eigenvalue weighted by Gasteiger charge is 2.16. The molecule has 0 bridgehead atoms. The Kier molecular flexibility index (Phi) is 6.06. The van der Waals surface area contributed by atoms with Crippen LogP contribution >= 0.6 is 11.6 Å². The number of nitrogens with zero attached hydrogens (tertiary/aromatic N) is 5. The van der Waals surface area contributed by atoms with Crippen LogP contribution in [0.25, 0.3) is 16.9 Å². The van der Waals surface area contributed by atoms with Crippen LogP contribution in [0.15, 0.2) is 36.5 Å². The molecule has 3 aromatic rings. The number of amides is 1. The average Bonchev–Trinajstić information content (AvgIpc) is 3.15. The number of rotatable bonds is 6. The second kappa shape index (κ2) is 8.88. The van der Waals surface area contributed by atoms with Crippen LogP contribution in [-0.2, 0) is 0 Å². The van der Waals surface area contributed by atoms with Gasteiger partial charge in [-0.15, -0.1) is 5.10 Å². The van der Waals surface area contributed by atoms with Crippen LogP contribution < -0.4 is 5.32 Å². The zero-order valence-corrected chi connectivity index (χ0v) is 17.3. The number of carbonyl (C=O) groups is 1. The van der Waals surface area contributed by atoms with Gasteiger partial charge in [0.05, 0.1) is 10.7 Å². The van der Waals surface area contributed by atoms with Gasteiger partial charge in [0.2, 0.25) is 0 Å². The van der Waals surface area contributed by atoms with E-state index in [2.05, 4.69) is 32.4 Å². The summed E-state index contributed by atoms with van der Waals surface area (Å²) < 4.78 is 1.56. The number of nitrogens with one attached hydrogen (secondary N) is 1. The first-order chi connectivity index (χ1) is 14.1. The normalized spacial score (nSPS) is 17.5. The van der Waals surface area contributed by atoms with Crippen LogP contribution in [0.5, 0.6) is 0 Å². The van der Waals surface area contributed by atoms with Gasteiger partial charge in [0.15, 0.2) is 5.65 Å². The quantitative estimate of drug-likeness (QED) is 0.628. The van der Waals surface area contributed by atoms with Gasteiger partial charge in [-0.1, -0.05) is 23.7 Å². The fourth-order valence-electron chi connectivity index (χ4n) is 3.84. The third-order valence-electron chi connectivity index (χ3n) is 5.32. The van der Waals surface area contributed by atoms with Gasteiger partial charge >= 0.3 is 0 Å². The van der Waals surface area contributed by atoms with Gasteiger partial charge in [0, 0.05) is 24.8 Å². The number of halogens is 1. The highest BCUT2D eigenvalue weighted by Crippen LogP contribution is 2.24. The van der Waals surface area contributed by atoms with Crippen molar-refractivity contribution in [3.05, 3.63) is 47.1 Å². The van der Waals surface area contributed by atoms with Crippen LogP contribution in [-0.4, -0.2) is 57.0 Å². The average molecular weight is 413 g/mol. The molecule has 1 aliphatic rings. The first kappa shape index (κ1) is 19.8. The molecule has 1 aliphatic heterocycles. The smallest absolute Gasteiger partial charge is 0.251 e. The number of benzene rings is 1. The molecule has 1 atom stereocenters. The highest BCUT2D eigenvalue weighted by atomic mass is 35.5. The molecule has 0 saturated carbocycles. The Morgan fingerprint density at radius 3 is 3.10 bits per heavy atom. The van der Waals surface area contributed by atoms with Crippen molar-refractivity contribution >= 4 is 28.7 Å². The molecule has 1 fully saturated rings. The Morgan fingerprint density at radius 2 is 2.24 bits per heavy atom. The van der Waals surface area contributed by atoms with Gasteiger partial charge in [-0.05, 0) is 68.6 Å². The maximum atomic E-state index is 12.6. The van der Waals surface area contributed by atoms with Crippen molar-refractivity contribution in [2.24, 2.45) is 5.92 Å². The van der Waals surface area contributed by atoms with Crippen molar-refractivity contribution in [2.45, 2.75) is 26.2 Å². The molecule has 1 unspecified atom stereocenters. The summed E-state index contributed by atoms with van der Waals surface area (Å²) in [7, 11) is 0. The molecule has 1 N–H and O–H groups in total. The van der Waals surface area contributed by atoms with Crippen molar-refractivity contribution in [3.63, 3.8) is 0 Å². The number of carbonyl (C=O) groups excluding carboxylic acids is 1. The fourth-order valence-corrected chi connectivity index (χ4v) is 4.04. The molecule has 152 valence electrons. The highest BCUT2D eigenvalue weighted by molar-refractivity contribution is 6.32. The van der Waals surface area contributed by atoms with E-state index in [0.29, 0.717) is 34.0 Å². The Bertz CT molecular complexity index is 1000. The Labute approximate surface area is 175 Å². The largest absolute Gasteiger partial charge is 0.352 e. The van der Waals surface area contributed by atoms with E-state index in [9.17, 15) is 4.79 Å². The minimum atomic E-state index is -0.118. The van der Waals surface area contributed by atoms with Crippen LogP contribution in [0.1, 0.15) is 36.5 Å². The molecule has 1 amide bonds. The predicted molar refractivity (Wildman–Crippen MR) is 113 cm³/mol.